The smallest absolute Gasteiger partial charge is 0.273 e. The maximum Gasteiger partial charge on any atom is 0.273 e. The SMILES string of the molecule is O=Cc1cccc(F)c1Oc1cc([N+](=O)[O-])ccc1Cl. The molecular weight excluding hydrogens is 289 g/mol. The van der Waals surface area contributed by atoms with Gasteiger partial charge in [-0.05, 0) is 18.2 Å². The molecule has 0 bridgehead atoms. The quantitative estimate of drug-likeness (QED) is 0.486. The first kappa shape index (κ1) is 14.0. The van der Waals surface area contributed by atoms with Gasteiger partial charge in [0.1, 0.15) is 0 Å². The molecule has 0 heterocycles. The number of carbonyl (C=O) groups is 1. The van der Waals surface area contributed by atoms with Gasteiger partial charge in [-0.3, -0.25) is 14.9 Å². The molecule has 102 valence electrons. The number of hydrogen-bond acceptors (Lipinski definition) is 4. The molecule has 20 heavy (non-hydrogen) atoms. The van der Waals surface area contributed by atoms with Gasteiger partial charge < -0.3 is 4.74 Å². The Labute approximate surface area is 117 Å². The van der Waals surface area contributed by atoms with Gasteiger partial charge in [-0.15, -0.1) is 0 Å². The molecule has 0 N–H and O–H groups in total. The molecule has 0 aliphatic carbocycles. The fraction of sp³-hybridized carbons (Fsp3) is 0. The number of halogens is 2. The van der Waals surface area contributed by atoms with E-state index in [1.165, 1.54) is 24.3 Å². The van der Waals surface area contributed by atoms with Gasteiger partial charge >= 0.3 is 0 Å². The van der Waals surface area contributed by atoms with Crippen LogP contribution < -0.4 is 4.74 Å². The molecule has 5 nitrogen and oxygen atoms in total. The predicted molar refractivity (Wildman–Crippen MR) is 70.0 cm³/mol. The van der Waals surface area contributed by atoms with Crippen LogP contribution in [0.4, 0.5) is 10.1 Å². The molecule has 0 amide bonds. The zero-order chi connectivity index (χ0) is 14.7. The van der Waals surface area contributed by atoms with Gasteiger partial charge in [0.15, 0.2) is 23.6 Å². The molecule has 7 heteroatoms. The number of rotatable bonds is 4. The number of nitro groups is 1. The van der Waals surface area contributed by atoms with E-state index in [0.29, 0.717) is 6.29 Å². The summed E-state index contributed by atoms with van der Waals surface area (Å²) in [6.07, 6.45) is 0.420. The molecule has 0 fully saturated rings. The first-order valence-corrected chi connectivity index (χ1v) is 5.76. The summed E-state index contributed by atoms with van der Waals surface area (Å²) in [7, 11) is 0. The molecule has 0 aromatic heterocycles. The van der Waals surface area contributed by atoms with Crippen LogP contribution in [-0.2, 0) is 0 Å². The van der Waals surface area contributed by atoms with E-state index in [4.69, 9.17) is 16.3 Å². The summed E-state index contributed by atoms with van der Waals surface area (Å²) in [6, 6.07) is 7.32. The highest BCUT2D eigenvalue weighted by Gasteiger charge is 2.15. The lowest BCUT2D eigenvalue weighted by molar-refractivity contribution is -0.384. The minimum absolute atomic E-state index is 0.0208. The number of hydrogen-bond donors (Lipinski definition) is 0. The molecule has 0 spiro atoms. The number of nitrogens with zero attached hydrogens (tertiary/aromatic N) is 1. The molecular formula is C13H7ClFNO4. The minimum atomic E-state index is -0.767. The number of benzene rings is 2. The van der Waals surface area contributed by atoms with Crippen molar-refractivity contribution in [1.82, 2.24) is 0 Å². The van der Waals surface area contributed by atoms with E-state index < -0.39 is 10.7 Å². The van der Waals surface area contributed by atoms with Gasteiger partial charge in [0, 0.05) is 6.07 Å². The number of nitro benzene ring substituents is 1. The van der Waals surface area contributed by atoms with Crippen LogP contribution in [0.1, 0.15) is 10.4 Å². The Balaban J connectivity index is 2.47. The minimum Gasteiger partial charge on any atom is -0.452 e. The lowest BCUT2D eigenvalue weighted by Crippen LogP contribution is -1.96. The summed E-state index contributed by atoms with van der Waals surface area (Å²) < 4.78 is 18.9. The molecule has 0 aliphatic heterocycles. The molecule has 0 saturated heterocycles. The third-order valence-electron chi connectivity index (χ3n) is 2.46. The average Bonchev–Trinajstić information content (AvgIpc) is 2.42. The van der Waals surface area contributed by atoms with Crippen molar-refractivity contribution >= 4 is 23.6 Å². The molecule has 2 aromatic rings. The Hall–Kier alpha value is -2.47. The number of ether oxygens (including phenoxy) is 1. The molecule has 0 aliphatic rings. The molecule has 0 saturated carbocycles. The van der Waals surface area contributed by atoms with Crippen LogP contribution >= 0.6 is 11.6 Å². The Kier molecular flexibility index (Phi) is 3.95. The topological polar surface area (TPSA) is 69.4 Å². The molecule has 2 rings (SSSR count). The second-order valence-corrected chi connectivity index (χ2v) is 4.16. The monoisotopic (exact) mass is 295 g/mol. The van der Waals surface area contributed by atoms with Gasteiger partial charge in [0.05, 0.1) is 21.6 Å². The van der Waals surface area contributed by atoms with Crippen LogP contribution in [0, 0.1) is 15.9 Å². The fourth-order valence-corrected chi connectivity index (χ4v) is 1.68. The Morgan fingerprint density at radius 3 is 2.70 bits per heavy atom. The van der Waals surface area contributed by atoms with Gasteiger partial charge in [-0.1, -0.05) is 17.7 Å². The van der Waals surface area contributed by atoms with Crippen molar-refractivity contribution in [2.45, 2.75) is 0 Å². The van der Waals surface area contributed by atoms with Crippen molar-refractivity contribution < 1.29 is 18.8 Å². The van der Waals surface area contributed by atoms with Crippen LogP contribution in [0.15, 0.2) is 36.4 Å². The van der Waals surface area contributed by atoms with Crippen molar-refractivity contribution in [2.75, 3.05) is 0 Å². The molecule has 0 unspecified atom stereocenters. The van der Waals surface area contributed by atoms with Crippen molar-refractivity contribution in [3.05, 3.63) is 62.9 Å². The van der Waals surface area contributed by atoms with Crippen LogP contribution in [0.2, 0.25) is 5.02 Å². The summed E-state index contributed by atoms with van der Waals surface area (Å²) in [5.74, 6) is -1.20. The molecule has 0 radical (unpaired) electrons. The van der Waals surface area contributed by atoms with E-state index >= 15 is 0 Å². The summed E-state index contributed by atoms with van der Waals surface area (Å²) in [5, 5.41) is 10.7. The van der Waals surface area contributed by atoms with Crippen LogP contribution in [0.5, 0.6) is 11.5 Å². The number of para-hydroxylation sites is 1. The molecule has 2 aromatic carbocycles. The summed E-state index contributed by atoms with van der Waals surface area (Å²) in [4.78, 5) is 20.9. The van der Waals surface area contributed by atoms with E-state index in [1.807, 2.05) is 0 Å². The summed E-state index contributed by atoms with van der Waals surface area (Å²) >= 11 is 5.84. The number of carbonyl (C=O) groups excluding carboxylic acids is 1. The fourth-order valence-electron chi connectivity index (χ4n) is 1.52. The van der Waals surface area contributed by atoms with Crippen molar-refractivity contribution in [3.8, 4) is 11.5 Å². The average molecular weight is 296 g/mol. The highest BCUT2D eigenvalue weighted by atomic mass is 35.5. The standard InChI is InChI=1S/C13H7ClFNO4/c14-10-5-4-9(16(18)19)6-12(10)20-13-8(7-17)2-1-3-11(13)15/h1-7H. The van der Waals surface area contributed by atoms with E-state index in [2.05, 4.69) is 0 Å². The molecule has 0 atom stereocenters. The zero-order valence-electron chi connectivity index (χ0n) is 9.88. The normalized spacial score (nSPS) is 10.1. The number of non-ortho nitro benzene ring substituents is 1. The lowest BCUT2D eigenvalue weighted by Gasteiger charge is -2.10. The van der Waals surface area contributed by atoms with E-state index in [9.17, 15) is 19.3 Å². The maximum atomic E-state index is 13.7. The van der Waals surface area contributed by atoms with E-state index in [-0.39, 0.29) is 27.8 Å². The third-order valence-corrected chi connectivity index (χ3v) is 2.77. The Morgan fingerprint density at radius 1 is 1.30 bits per heavy atom. The number of aldehydes is 1. The Morgan fingerprint density at radius 2 is 2.05 bits per heavy atom. The van der Waals surface area contributed by atoms with Gasteiger partial charge in [-0.2, -0.15) is 0 Å². The van der Waals surface area contributed by atoms with Crippen LogP contribution in [0.25, 0.3) is 0 Å². The first-order valence-electron chi connectivity index (χ1n) is 5.38. The van der Waals surface area contributed by atoms with Crippen LogP contribution in [-0.4, -0.2) is 11.2 Å². The highest BCUT2D eigenvalue weighted by Crippen LogP contribution is 2.34. The third kappa shape index (κ3) is 2.75. The van der Waals surface area contributed by atoms with Gasteiger partial charge in [0.25, 0.3) is 5.69 Å². The van der Waals surface area contributed by atoms with Crippen molar-refractivity contribution in [3.63, 3.8) is 0 Å². The van der Waals surface area contributed by atoms with E-state index in [0.717, 1.165) is 12.1 Å². The second-order valence-electron chi connectivity index (χ2n) is 3.75. The Bertz CT molecular complexity index is 690. The van der Waals surface area contributed by atoms with E-state index in [1.54, 1.807) is 0 Å². The van der Waals surface area contributed by atoms with Crippen molar-refractivity contribution in [1.29, 1.82) is 0 Å². The highest BCUT2D eigenvalue weighted by molar-refractivity contribution is 6.32. The second kappa shape index (κ2) is 5.66. The maximum absolute atomic E-state index is 13.7. The summed E-state index contributed by atoms with van der Waals surface area (Å²) in [5.41, 5.74) is -0.277. The summed E-state index contributed by atoms with van der Waals surface area (Å²) in [6.45, 7) is 0. The van der Waals surface area contributed by atoms with Gasteiger partial charge in [0.2, 0.25) is 0 Å². The lowest BCUT2D eigenvalue weighted by atomic mass is 10.2. The van der Waals surface area contributed by atoms with Crippen molar-refractivity contribution in [2.24, 2.45) is 0 Å². The van der Waals surface area contributed by atoms with Crippen LogP contribution in [0.3, 0.4) is 0 Å². The van der Waals surface area contributed by atoms with Gasteiger partial charge in [-0.25, -0.2) is 4.39 Å². The zero-order valence-corrected chi connectivity index (χ0v) is 10.6. The largest absolute Gasteiger partial charge is 0.452 e. The first-order chi connectivity index (χ1) is 9.52. The predicted octanol–water partition coefficient (Wildman–Crippen LogP) is 3.99.